The highest BCUT2D eigenvalue weighted by atomic mass is 35.5. The van der Waals surface area contributed by atoms with Crippen LogP contribution < -0.4 is 14.8 Å². The summed E-state index contributed by atoms with van der Waals surface area (Å²) in [5, 5.41) is 7.70. The molecule has 1 heterocycles. The molecule has 1 N–H and O–H groups in total. The Morgan fingerprint density at radius 1 is 1.00 bits per heavy atom. The molecule has 1 aliphatic carbocycles. The van der Waals surface area contributed by atoms with Gasteiger partial charge in [-0.15, -0.1) is 18.3 Å². The van der Waals surface area contributed by atoms with Crippen molar-refractivity contribution in [2.75, 3.05) is 0 Å². The Labute approximate surface area is 218 Å². The summed E-state index contributed by atoms with van der Waals surface area (Å²) < 4.78 is 47.6. The molecule has 2 atom stereocenters. The molecule has 1 aromatic heterocycles. The highest BCUT2D eigenvalue weighted by Gasteiger charge is 2.40. The molecule has 1 amide bonds. The fourth-order valence-corrected chi connectivity index (χ4v) is 4.25. The van der Waals surface area contributed by atoms with Crippen LogP contribution in [0.5, 0.6) is 11.5 Å². The highest BCUT2D eigenvalue weighted by Crippen LogP contribution is 2.41. The van der Waals surface area contributed by atoms with Crippen LogP contribution in [0.4, 0.5) is 18.0 Å². The summed E-state index contributed by atoms with van der Waals surface area (Å²) in [5.74, 6) is 0.377. The third-order valence-electron chi connectivity index (χ3n) is 5.63. The Bertz CT molecular complexity index is 1410. The second-order valence-electron chi connectivity index (χ2n) is 8.21. The summed E-state index contributed by atoms with van der Waals surface area (Å²) in [6.45, 7) is 0. The van der Waals surface area contributed by atoms with Gasteiger partial charge in [-0.3, -0.25) is 0 Å². The summed E-state index contributed by atoms with van der Waals surface area (Å²) in [5.41, 5.74) is 2.32. The molecule has 5 rings (SSSR count). The van der Waals surface area contributed by atoms with Gasteiger partial charge in [-0.05, 0) is 48.4 Å². The molecule has 4 aromatic rings. The van der Waals surface area contributed by atoms with Crippen LogP contribution in [-0.2, 0) is 0 Å². The molecule has 1 saturated carbocycles. The largest absolute Gasteiger partial charge is 0.573 e. The first-order valence-corrected chi connectivity index (χ1v) is 11.7. The summed E-state index contributed by atoms with van der Waals surface area (Å²) in [4.78, 5) is 16.5. The molecule has 7 nitrogen and oxygen atoms in total. The van der Waals surface area contributed by atoms with Gasteiger partial charge in [0, 0.05) is 17.5 Å². The number of carbonyl (C=O) groups excluding carboxylic acids is 1. The quantitative estimate of drug-likeness (QED) is 0.287. The van der Waals surface area contributed by atoms with Gasteiger partial charge in [0.1, 0.15) is 12.1 Å². The fourth-order valence-electron chi connectivity index (χ4n) is 3.78. The molecule has 0 bridgehead atoms. The van der Waals surface area contributed by atoms with Gasteiger partial charge >= 0.3 is 12.5 Å². The Morgan fingerprint density at radius 3 is 2.32 bits per heavy atom. The highest BCUT2D eigenvalue weighted by molar-refractivity contribution is 6.37. The van der Waals surface area contributed by atoms with Crippen molar-refractivity contribution in [2.24, 2.45) is 0 Å². The van der Waals surface area contributed by atoms with Crippen molar-refractivity contribution in [2.45, 2.75) is 24.7 Å². The molecule has 12 heteroatoms. The lowest BCUT2D eigenvalue weighted by Gasteiger charge is -2.09. The maximum Gasteiger partial charge on any atom is 0.573 e. The number of halogens is 5. The van der Waals surface area contributed by atoms with Gasteiger partial charge in [0.05, 0.1) is 15.7 Å². The van der Waals surface area contributed by atoms with E-state index in [1.807, 2.05) is 24.3 Å². The van der Waals surface area contributed by atoms with Crippen molar-refractivity contribution in [1.29, 1.82) is 0 Å². The van der Waals surface area contributed by atoms with Crippen LogP contribution >= 0.6 is 23.2 Å². The molecule has 3 aromatic carbocycles. The van der Waals surface area contributed by atoms with E-state index >= 15 is 0 Å². The Balaban J connectivity index is 1.18. The van der Waals surface area contributed by atoms with E-state index in [-0.39, 0.29) is 33.5 Å². The van der Waals surface area contributed by atoms with Crippen LogP contribution in [0.3, 0.4) is 0 Å². The minimum Gasteiger partial charge on any atom is -0.407 e. The lowest BCUT2D eigenvalue weighted by atomic mass is 10.1. The average molecular weight is 549 g/mol. The lowest BCUT2D eigenvalue weighted by molar-refractivity contribution is -0.274. The van der Waals surface area contributed by atoms with Crippen LogP contribution in [0.1, 0.15) is 17.9 Å². The molecule has 37 heavy (non-hydrogen) atoms. The minimum atomic E-state index is -4.75. The number of carbonyl (C=O) groups is 1. The van der Waals surface area contributed by atoms with Crippen LogP contribution in [0, 0.1) is 0 Å². The van der Waals surface area contributed by atoms with Gasteiger partial charge in [-0.2, -0.15) is 0 Å². The molecule has 190 valence electrons. The predicted octanol–water partition coefficient (Wildman–Crippen LogP) is 6.78. The van der Waals surface area contributed by atoms with E-state index in [1.54, 1.807) is 18.2 Å². The second-order valence-corrected chi connectivity index (χ2v) is 9.02. The average Bonchev–Trinajstić information content (AvgIpc) is 3.43. The topological polar surface area (TPSA) is 78.3 Å². The summed E-state index contributed by atoms with van der Waals surface area (Å²) in [6.07, 6.45) is -3.16. The van der Waals surface area contributed by atoms with Crippen molar-refractivity contribution >= 4 is 29.3 Å². The number of alkyl halides is 3. The number of hydrogen-bond donors (Lipinski definition) is 1. The monoisotopic (exact) mass is 548 g/mol. The number of para-hydroxylation sites is 1. The summed E-state index contributed by atoms with van der Waals surface area (Å²) >= 11 is 12.1. The number of benzene rings is 3. The Morgan fingerprint density at radius 2 is 1.68 bits per heavy atom. The number of rotatable bonds is 6. The second kappa shape index (κ2) is 9.95. The van der Waals surface area contributed by atoms with Crippen molar-refractivity contribution in [3.05, 3.63) is 88.7 Å². The van der Waals surface area contributed by atoms with Crippen molar-refractivity contribution < 1.29 is 27.4 Å². The molecule has 2 unspecified atom stereocenters. The van der Waals surface area contributed by atoms with E-state index in [0.29, 0.717) is 11.5 Å². The van der Waals surface area contributed by atoms with E-state index in [4.69, 9.17) is 27.9 Å². The predicted molar refractivity (Wildman–Crippen MR) is 130 cm³/mol. The molecule has 0 radical (unpaired) electrons. The smallest absolute Gasteiger partial charge is 0.407 e. The molecule has 1 aliphatic rings. The molecular formula is C25H17Cl2F3N4O3. The first-order valence-electron chi connectivity index (χ1n) is 11.0. The van der Waals surface area contributed by atoms with Gasteiger partial charge < -0.3 is 14.8 Å². The van der Waals surface area contributed by atoms with Gasteiger partial charge in [0.25, 0.3) is 0 Å². The Kier molecular flexibility index (Phi) is 6.70. The van der Waals surface area contributed by atoms with Crippen molar-refractivity contribution in [1.82, 2.24) is 20.1 Å². The Hall–Kier alpha value is -3.76. The first-order chi connectivity index (χ1) is 17.7. The maximum atomic E-state index is 12.3. The zero-order valence-corrected chi connectivity index (χ0v) is 20.3. The number of aromatic nitrogens is 3. The summed E-state index contributed by atoms with van der Waals surface area (Å²) in [7, 11) is 0. The van der Waals surface area contributed by atoms with Gasteiger partial charge in [0.15, 0.2) is 11.6 Å². The zero-order valence-electron chi connectivity index (χ0n) is 18.7. The third-order valence-corrected chi connectivity index (χ3v) is 6.23. The number of nitrogens with one attached hydrogen (secondary N) is 1. The van der Waals surface area contributed by atoms with E-state index in [0.717, 1.165) is 17.5 Å². The van der Waals surface area contributed by atoms with Crippen LogP contribution in [0.15, 0.2) is 73.1 Å². The fraction of sp³-hybridized carbons (Fsp3) is 0.160. The molecule has 0 aliphatic heterocycles. The van der Waals surface area contributed by atoms with E-state index in [2.05, 4.69) is 20.1 Å². The molecule has 1 fully saturated rings. The third kappa shape index (κ3) is 5.98. The van der Waals surface area contributed by atoms with Crippen LogP contribution in [-0.4, -0.2) is 33.3 Å². The standard InChI is InChI=1S/C25H17Cl2F3N4O3/c26-19-2-1-3-20(27)22(19)36-24(35)32-21-12-18(21)14-4-6-15(7-5-14)23-31-13-34(33-23)16-8-10-17(11-9-16)37-25(28,29)30/h1-11,13,18,21H,12H2,(H,32,35). The van der Waals surface area contributed by atoms with Gasteiger partial charge in [-0.25, -0.2) is 14.5 Å². The number of amides is 1. The normalized spacial score (nSPS) is 16.8. The molecule has 0 saturated heterocycles. The van der Waals surface area contributed by atoms with E-state index in [9.17, 15) is 18.0 Å². The zero-order chi connectivity index (χ0) is 26.2. The van der Waals surface area contributed by atoms with Crippen LogP contribution in [0.25, 0.3) is 17.1 Å². The van der Waals surface area contributed by atoms with Crippen molar-refractivity contribution in [3.8, 4) is 28.6 Å². The summed E-state index contributed by atoms with van der Waals surface area (Å²) in [6, 6.07) is 17.7. The lowest BCUT2D eigenvalue weighted by Crippen LogP contribution is -2.29. The number of nitrogens with zero attached hydrogens (tertiary/aromatic N) is 3. The molecule has 0 spiro atoms. The van der Waals surface area contributed by atoms with E-state index in [1.165, 1.54) is 35.3 Å². The SMILES string of the molecule is O=C(NC1CC1c1ccc(-c2ncn(-c3ccc(OC(F)(F)F)cc3)n2)cc1)Oc1c(Cl)cccc1Cl. The van der Waals surface area contributed by atoms with Gasteiger partial charge in [0.2, 0.25) is 0 Å². The van der Waals surface area contributed by atoms with E-state index < -0.39 is 12.5 Å². The molecular weight excluding hydrogens is 532 g/mol. The number of ether oxygens (including phenoxy) is 2. The van der Waals surface area contributed by atoms with Crippen LogP contribution in [0.2, 0.25) is 10.0 Å². The first kappa shape index (κ1) is 24.9. The maximum absolute atomic E-state index is 12.3. The number of hydrogen-bond acceptors (Lipinski definition) is 5. The van der Waals surface area contributed by atoms with Crippen molar-refractivity contribution in [3.63, 3.8) is 0 Å². The minimum absolute atomic E-state index is 0.0822. The van der Waals surface area contributed by atoms with Gasteiger partial charge in [-0.1, -0.05) is 53.5 Å².